The standard InChI is InChI=1S/C22H26N4O2/c1-4-25(18-11-6-5-7-12-18)19(27)13-8-14-23-22(28)20-17(3)24-21-16(2)10-9-15-26(20)21/h5-7,9-12,15H,4,8,13-14H2,1-3H3,(H,23,28). The van der Waals surface area contributed by atoms with E-state index in [-0.39, 0.29) is 11.8 Å². The normalized spacial score (nSPS) is 10.8. The molecule has 0 aliphatic rings. The van der Waals surface area contributed by atoms with Crippen molar-refractivity contribution < 1.29 is 9.59 Å². The number of hydrogen-bond acceptors (Lipinski definition) is 3. The molecule has 0 aliphatic carbocycles. The van der Waals surface area contributed by atoms with Crippen LogP contribution < -0.4 is 10.2 Å². The van der Waals surface area contributed by atoms with E-state index < -0.39 is 0 Å². The Morgan fingerprint density at radius 2 is 1.86 bits per heavy atom. The number of aromatic nitrogens is 2. The lowest BCUT2D eigenvalue weighted by Crippen LogP contribution is -2.32. The lowest BCUT2D eigenvalue weighted by Gasteiger charge is -2.21. The minimum absolute atomic E-state index is 0.0598. The summed E-state index contributed by atoms with van der Waals surface area (Å²) >= 11 is 0. The molecule has 6 heteroatoms. The molecule has 3 aromatic rings. The first-order chi connectivity index (χ1) is 13.5. The molecule has 0 saturated heterocycles. The Morgan fingerprint density at radius 3 is 2.57 bits per heavy atom. The van der Waals surface area contributed by atoms with Gasteiger partial charge in [-0.3, -0.25) is 14.0 Å². The SMILES string of the molecule is CCN(C(=O)CCCNC(=O)c1c(C)nc2c(C)cccn12)c1ccccc1. The molecule has 0 radical (unpaired) electrons. The number of benzene rings is 1. The maximum Gasteiger partial charge on any atom is 0.270 e. The Hall–Kier alpha value is -3.15. The van der Waals surface area contributed by atoms with E-state index in [1.54, 1.807) is 4.90 Å². The summed E-state index contributed by atoms with van der Waals surface area (Å²) in [7, 11) is 0. The van der Waals surface area contributed by atoms with Crippen molar-refractivity contribution in [3.05, 3.63) is 65.6 Å². The summed E-state index contributed by atoms with van der Waals surface area (Å²) in [5, 5.41) is 2.92. The Balaban J connectivity index is 1.57. The van der Waals surface area contributed by atoms with Crippen LogP contribution in [0, 0.1) is 13.8 Å². The number of imidazole rings is 1. The number of nitrogens with one attached hydrogen (secondary N) is 1. The van der Waals surface area contributed by atoms with Crippen LogP contribution in [0.15, 0.2) is 48.7 Å². The van der Waals surface area contributed by atoms with Crippen molar-refractivity contribution in [1.82, 2.24) is 14.7 Å². The third-order valence-corrected chi connectivity index (χ3v) is 4.77. The lowest BCUT2D eigenvalue weighted by molar-refractivity contribution is -0.118. The number of aryl methyl sites for hydroxylation is 2. The van der Waals surface area contributed by atoms with Gasteiger partial charge in [-0.15, -0.1) is 0 Å². The molecule has 6 nitrogen and oxygen atoms in total. The topological polar surface area (TPSA) is 66.7 Å². The minimum atomic E-state index is -0.168. The van der Waals surface area contributed by atoms with Crippen molar-refractivity contribution in [2.75, 3.05) is 18.0 Å². The van der Waals surface area contributed by atoms with E-state index in [0.29, 0.717) is 37.3 Å². The number of amides is 2. The number of anilines is 1. The molecule has 1 N–H and O–H groups in total. The number of para-hydroxylation sites is 1. The monoisotopic (exact) mass is 378 g/mol. The van der Waals surface area contributed by atoms with Crippen molar-refractivity contribution in [1.29, 1.82) is 0 Å². The number of rotatable bonds is 7. The molecule has 3 rings (SSSR count). The average Bonchev–Trinajstić information content (AvgIpc) is 3.04. The molecule has 0 saturated carbocycles. The van der Waals surface area contributed by atoms with Crippen molar-refractivity contribution in [2.45, 2.75) is 33.6 Å². The number of pyridine rings is 1. The summed E-state index contributed by atoms with van der Waals surface area (Å²) in [4.78, 5) is 31.4. The van der Waals surface area contributed by atoms with E-state index in [2.05, 4.69) is 10.3 Å². The molecule has 2 aromatic heterocycles. The first-order valence-corrected chi connectivity index (χ1v) is 9.60. The summed E-state index contributed by atoms with van der Waals surface area (Å²) in [6.07, 6.45) is 2.82. The highest BCUT2D eigenvalue weighted by atomic mass is 16.2. The van der Waals surface area contributed by atoms with Gasteiger partial charge in [0.25, 0.3) is 5.91 Å². The zero-order chi connectivity index (χ0) is 20.1. The number of fused-ring (bicyclic) bond motifs is 1. The molecule has 0 atom stereocenters. The van der Waals surface area contributed by atoms with Crippen LogP contribution in [-0.2, 0) is 4.79 Å². The van der Waals surface area contributed by atoms with Gasteiger partial charge in [0.15, 0.2) is 0 Å². The Bertz CT molecular complexity index is 979. The summed E-state index contributed by atoms with van der Waals surface area (Å²) in [5.74, 6) is -0.108. The second kappa shape index (κ2) is 8.69. The molecular weight excluding hydrogens is 352 g/mol. The van der Waals surface area contributed by atoms with Crippen LogP contribution >= 0.6 is 0 Å². The summed E-state index contributed by atoms with van der Waals surface area (Å²) in [6.45, 7) is 6.83. The van der Waals surface area contributed by atoms with Gasteiger partial charge in [0, 0.05) is 31.4 Å². The highest BCUT2D eigenvalue weighted by molar-refractivity contribution is 5.95. The summed E-state index contributed by atoms with van der Waals surface area (Å²) in [6, 6.07) is 13.5. The smallest absolute Gasteiger partial charge is 0.270 e. The van der Waals surface area contributed by atoms with E-state index >= 15 is 0 Å². The first kappa shape index (κ1) is 19.6. The number of carbonyl (C=O) groups is 2. The van der Waals surface area contributed by atoms with Crippen LogP contribution in [0.25, 0.3) is 5.65 Å². The molecule has 0 spiro atoms. The van der Waals surface area contributed by atoms with Crippen LogP contribution in [0.3, 0.4) is 0 Å². The zero-order valence-corrected chi connectivity index (χ0v) is 16.6. The Labute approximate surface area is 165 Å². The van der Waals surface area contributed by atoms with Crippen molar-refractivity contribution >= 4 is 23.1 Å². The first-order valence-electron chi connectivity index (χ1n) is 9.60. The van der Waals surface area contributed by atoms with Crippen LogP contribution in [-0.4, -0.2) is 34.3 Å². The molecule has 0 unspecified atom stereocenters. The highest BCUT2D eigenvalue weighted by Gasteiger charge is 2.17. The van der Waals surface area contributed by atoms with Crippen molar-refractivity contribution in [3.63, 3.8) is 0 Å². The second-order valence-corrected chi connectivity index (χ2v) is 6.76. The molecule has 146 valence electrons. The Morgan fingerprint density at radius 1 is 1.11 bits per heavy atom. The molecular formula is C22H26N4O2. The van der Waals surface area contributed by atoms with E-state index in [4.69, 9.17) is 0 Å². The average molecular weight is 378 g/mol. The van der Waals surface area contributed by atoms with E-state index in [1.165, 1.54) is 0 Å². The number of nitrogens with zero attached hydrogens (tertiary/aromatic N) is 3. The predicted molar refractivity (Wildman–Crippen MR) is 111 cm³/mol. The number of carbonyl (C=O) groups excluding carboxylic acids is 2. The second-order valence-electron chi connectivity index (χ2n) is 6.76. The van der Waals surface area contributed by atoms with Crippen LogP contribution in [0.2, 0.25) is 0 Å². The summed E-state index contributed by atoms with van der Waals surface area (Å²) < 4.78 is 1.82. The van der Waals surface area contributed by atoms with Gasteiger partial charge in [0.2, 0.25) is 5.91 Å². The fraction of sp³-hybridized carbons (Fsp3) is 0.318. The van der Waals surface area contributed by atoms with E-state index in [0.717, 1.165) is 16.9 Å². The van der Waals surface area contributed by atoms with Crippen LogP contribution in [0.5, 0.6) is 0 Å². The third kappa shape index (κ3) is 4.06. The lowest BCUT2D eigenvalue weighted by atomic mass is 10.2. The van der Waals surface area contributed by atoms with Gasteiger partial charge in [-0.25, -0.2) is 4.98 Å². The van der Waals surface area contributed by atoms with Gasteiger partial charge in [0.05, 0.1) is 5.69 Å². The van der Waals surface area contributed by atoms with Crippen LogP contribution in [0.4, 0.5) is 5.69 Å². The van der Waals surface area contributed by atoms with Crippen LogP contribution in [0.1, 0.15) is 41.5 Å². The third-order valence-electron chi connectivity index (χ3n) is 4.77. The maximum atomic E-state index is 12.6. The molecule has 0 fully saturated rings. The van der Waals surface area contributed by atoms with Gasteiger partial charge in [-0.2, -0.15) is 0 Å². The maximum absolute atomic E-state index is 12.6. The molecule has 2 heterocycles. The van der Waals surface area contributed by atoms with E-state index in [1.807, 2.05) is 73.8 Å². The fourth-order valence-electron chi connectivity index (χ4n) is 3.36. The van der Waals surface area contributed by atoms with Gasteiger partial charge in [-0.05, 0) is 51.0 Å². The summed E-state index contributed by atoms with van der Waals surface area (Å²) in [5.41, 5.74) is 3.96. The molecule has 28 heavy (non-hydrogen) atoms. The predicted octanol–water partition coefficient (Wildman–Crippen LogP) is 3.51. The molecule has 0 bridgehead atoms. The molecule has 1 aromatic carbocycles. The van der Waals surface area contributed by atoms with E-state index in [9.17, 15) is 9.59 Å². The quantitative estimate of drug-likeness (QED) is 0.640. The highest BCUT2D eigenvalue weighted by Crippen LogP contribution is 2.16. The van der Waals surface area contributed by atoms with Gasteiger partial charge < -0.3 is 10.2 Å². The Kier molecular flexibility index (Phi) is 6.09. The largest absolute Gasteiger partial charge is 0.351 e. The zero-order valence-electron chi connectivity index (χ0n) is 16.6. The van der Waals surface area contributed by atoms with Crippen molar-refractivity contribution in [3.8, 4) is 0 Å². The minimum Gasteiger partial charge on any atom is -0.351 e. The molecule has 2 amide bonds. The fourth-order valence-corrected chi connectivity index (χ4v) is 3.36. The van der Waals surface area contributed by atoms with Crippen molar-refractivity contribution in [2.24, 2.45) is 0 Å². The molecule has 0 aliphatic heterocycles. The van der Waals surface area contributed by atoms with Gasteiger partial charge in [0.1, 0.15) is 11.3 Å². The number of hydrogen-bond donors (Lipinski definition) is 1. The van der Waals surface area contributed by atoms with Gasteiger partial charge in [-0.1, -0.05) is 24.3 Å². The van der Waals surface area contributed by atoms with Gasteiger partial charge >= 0.3 is 0 Å².